The first-order valence-corrected chi connectivity index (χ1v) is 9.17. The fourth-order valence-electron chi connectivity index (χ4n) is 3.47. The molecule has 0 atom stereocenters. The second kappa shape index (κ2) is 6.72. The second-order valence-corrected chi connectivity index (χ2v) is 6.69. The van der Waals surface area contributed by atoms with Crippen LogP contribution in [0.3, 0.4) is 0 Å². The Balaban J connectivity index is 1.42. The first-order chi connectivity index (χ1) is 13.4. The van der Waals surface area contributed by atoms with Crippen LogP contribution in [0.1, 0.15) is 11.1 Å². The van der Waals surface area contributed by atoms with Crippen LogP contribution in [0.4, 0.5) is 0 Å². The molecule has 4 nitrogen and oxygen atoms in total. The molecule has 0 unspecified atom stereocenters. The lowest BCUT2D eigenvalue weighted by molar-refractivity contribution is 0.306. The molecule has 27 heavy (non-hydrogen) atoms. The van der Waals surface area contributed by atoms with Gasteiger partial charge in [-0.2, -0.15) is 5.10 Å². The largest absolute Gasteiger partial charge is 0.489 e. The Bertz CT molecular complexity index is 1090. The minimum absolute atomic E-state index is 0.546. The van der Waals surface area contributed by atoms with Crippen molar-refractivity contribution in [2.24, 2.45) is 0 Å². The van der Waals surface area contributed by atoms with Crippen LogP contribution in [0.5, 0.6) is 5.75 Å². The number of rotatable bonds is 4. The summed E-state index contributed by atoms with van der Waals surface area (Å²) in [6.07, 6.45) is 0.992. The number of benzene rings is 3. The van der Waals surface area contributed by atoms with Gasteiger partial charge in [0.1, 0.15) is 12.4 Å². The van der Waals surface area contributed by atoms with E-state index in [1.165, 1.54) is 11.1 Å². The van der Waals surface area contributed by atoms with E-state index in [0.29, 0.717) is 6.61 Å². The third kappa shape index (κ3) is 3.10. The summed E-state index contributed by atoms with van der Waals surface area (Å²) in [5.41, 5.74) is 4.64. The predicted molar refractivity (Wildman–Crippen MR) is 105 cm³/mol. The molecule has 1 aromatic heterocycles. The molecule has 0 amide bonds. The fourth-order valence-corrected chi connectivity index (χ4v) is 3.47. The molecule has 3 aromatic carbocycles. The van der Waals surface area contributed by atoms with Gasteiger partial charge in [-0.25, -0.2) is 9.67 Å². The third-order valence-corrected chi connectivity index (χ3v) is 4.86. The van der Waals surface area contributed by atoms with E-state index in [4.69, 9.17) is 14.8 Å². The summed E-state index contributed by atoms with van der Waals surface area (Å²) in [6.45, 7) is 1.41. The first kappa shape index (κ1) is 15.8. The summed E-state index contributed by atoms with van der Waals surface area (Å²) in [5.74, 6) is 2.51. The van der Waals surface area contributed by atoms with Crippen LogP contribution in [0.2, 0.25) is 0 Å². The molecule has 0 N–H and O–H groups in total. The standard InChI is InChI=1S/C23H19N3O/c1-2-7-17(8-3-1)16-27-20-11-6-10-19(15-20)22-24-23-21-12-5-4-9-18(21)13-14-26(23)25-22/h1-12,15H,13-14,16H2. The van der Waals surface area contributed by atoms with E-state index in [-0.39, 0.29) is 0 Å². The Morgan fingerprint density at radius 3 is 2.67 bits per heavy atom. The number of aryl methyl sites for hydroxylation is 2. The fraction of sp³-hybridized carbons (Fsp3) is 0.130. The van der Waals surface area contributed by atoms with E-state index in [1.54, 1.807) is 0 Å². The van der Waals surface area contributed by atoms with Gasteiger partial charge in [0.05, 0.1) is 0 Å². The van der Waals surface area contributed by atoms with Gasteiger partial charge in [0.2, 0.25) is 0 Å². The van der Waals surface area contributed by atoms with Crippen molar-refractivity contribution in [1.82, 2.24) is 14.8 Å². The highest BCUT2D eigenvalue weighted by Crippen LogP contribution is 2.30. The Labute approximate surface area is 158 Å². The van der Waals surface area contributed by atoms with E-state index in [1.807, 2.05) is 47.1 Å². The Kier molecular flexibility index (Phi) is 3.94. The maximum absolute atomic E-state index is 5.95. The van der Waals surface area contributed by atoms with Gasteiger partial charge in [0.25, 0.3) is 0 Å². The normalized spacial score (nSPS) is 12.3. The van der Waals surface area contributed by atoms with Gasteiger partial charge in [0.15, 0.2) is 11.6 Å². The van der Waals surface area contributed by atoms with Crippen molar-refractivity contribution in [1.29, 1.82) is 0 Å². The van der Waals surface area contributed by atoms with Crippen LogP contribution in [-0.4, -0.2) is 14.8 Å². The molecule has 0 saturated heterocycles. The van der Waals surface area contributed by atoms with Gasteiger partial charge in [-0.15, -0.1) is 0 Å². The number of aromatic nitrogens is 3. The first-order valence-electron chi connectivity index (χ1n) is 9.17. The highest BCUT2D eigenvalue weighted by molar-refractivity contribution is 5.66. The Hall–Kier alpha value is -3.40. The summed E-state index contributed by atoms with van der Waals surface area (Å²) < 4.78 is 7.96. The molecule has 4 aromatic rings. The number of fused-ring (bicyclic) bond motifs is 3. The smallest absolute Gasteiger partial charge is 0.181 e. The monoisotopic (exact) mass is 353 g/mol. The molecule has 4 heteroatoms. The van der Waals surface area contributed by atoms with Crippen LogP contribution < -0.4 is 4.74 Å². The van der Waals surface area contributed by atoms with Crippen LogP contribution >= 0.6 is 0 Å². The highest BCUT2D eigenvalue weighted by atomic mass is 16.5. The summed E-state index contributed by atoms with van der Waals surface area (Å²) >= 11 is 0. The number of hydrogen-bond donors (Lipinski definition) is 0. The minimum Gasteiger partial charge on any atom is -0.489 e. The number of hydrogen-bond acceptors (Lipinski definition) is 3. The highest BCUT2D eigenvalue weighted by Gasteiger charge is 2.20. The zero-order chi connectivity index (χ0) is 18.1. The maximum Gasteiger partial charge on any atom is 0.181 e. The maximum atomic E-state index is 5.95. The molecular weight excluding hydrogens is 334 g/mol. The summed E-state index contributed by atoms with van der Waals surface area (Å²) in [4.78, 5) is 4.82. The van der Waals surface area contributed by atoms with Crippen LogP contribution in [0.15, 0.2) is 78.9 Å². The quantitative estimate of drug-likeness (QED) is 0.532. The summed E-state index contributed by atoms with van der Waals surface area (Å²) in [6, 6.07) is 26.6. The van der Waals surface area contributed by atoms with Crippen LogP contribution in [0.25, 0.3) is 22.8 Å². The van der Waals surface area contributed by atoms with Crippen molar-refractivity contribution in [2.45, 2.75) is 19.6 Å². The van der Waals surface area contributed by atoms with Gasteiger partial charge in [0, 0.05) is 17.7 Å². The molecule has 5 rings (SSSR count). The van der Waals surface area contributed by atoms with E-state index in [9.17, 15) is 0 Å². The van der Waals surface area contributed by atoms with E-state index >= 15 is 0 Å². The average Bonchev–Trinajstić information content (AvgIpc) is 3.18. The zero-order valence-corrected chi connectivity index (χ0v) is 14.9. The molecule has 0 radical (unpaired) electrons. The lowest BCUT2D eigenvalue weighted by Crippen LogP contribution is -2.11. The zero-order valence-electron chi connectivity index (χ0n) is 14.9. The SMILES string of the molecule is c1ccc(COc2cccc(-c3nc4n(n3)CCc3ccccc3-4)c2)cc1. The van der Waals surface area contributed by atoms with E-state index in [0.717, 1.165) is 41.5 Å². The van der Waals surface area contributed by atoms with Crippen molar-refractivity contribution < 1.29 is 4.74 Å². The third-order valence-electron chi connectivity index (χ3n) is 4.86. The van der Waals surface area contributed by atoms with Gasteiger partial charge < -0.3 is 4.74 Å². The van der Waals surface area contributed by atoms with Crippen LogP contribution in [-0.2, 0) is 19.6 Å². The van der Waals surface area contributed by atoms with Gasteiger partial charge in [-0.3, -0.25) is 0 Å². The van der Waals surface area contributed by atoms with Gasteiger partial charge in [-0.1, -0.05) is 66.7 Å². The van der Waals surface area contributed by atoms with Crippen molar-refractivity contribution in [3.63, 3.8) is 0 Å². The van der Waals surface area contributed by atoms with Crippen molar-refractivity contribution in [2.75, 3.05) is 0 Å². The molecule has 0 bridgehead atoms. The van der Waals surface area contributed by atoms with Crippen molar-refractivity contribution in [3.05, 3.63) is 90.0 Å². The Morgan fingerprint density at radius 2 is 1.74 bits per heavy atom. The van der Waals surface area contributed by atoms with Crippen molar-refractivity contribution in [3.8, 4) is 28.5 Å². The molecular formula is C23H19N3O. The summed E-state index contributed by atoms with van der Waals surface area (Å²) in [5, 5.41) is 4.73. The van der Waals surface area contributed by atoms with Crippen LogP contribution in [0, 0.1) is 0 Å². The minimum atomic E-state index is 0.546. The molecule has 0 aliphatic carbocycles. The molecule has 1 aliphatic rings. The molecule has 132 valence electrons. The molecule has 1 aliphatic heterocycles. The molecule has 0 fully saturated rings. The molecule has 0 saturated carbocycles. The van der Waals surface area contributed by atoms with Gasteiger partial charge in [-0.05, 0) is 29.7 Å². The van der Waals surface area contributed by atoms with E-state index in [2.05, 4.69) is 36.4 Å². The Morgan fingerprint density at radius 1 is 0.889 bits per heavy atom. The predicted octanol–water partition coefficient (Wildman–Crippen LogP) is 4.75. The second-order valence-electron chi connectivity index (χ2n) is 6.69. The van der Waals surface area contributed by atoms with Gasteiger partial charge >= 0.3 is 0 Å². The lowest BCUT2D eigenvalue weighted by Gasteiger charge is -2.15. The number of nitrogens with zero attached hydrogens (tertiary/aromatic N) is 3. The summed E-state index contributed by atoms with van der Waals surface area (Å²) in [7, 11) is 0. The molecule has 0 spiro atoms. The topological polar surface area (TPSA) is 39.9 Å². The van der Waals surface area contributed by atoms with Crippen molar-refractivity contribution >= 4 is 0 Å². The number of ether oxygens (including phenoxy) is 1. The lowest BCUT2D eigenvalue weighted by atomic mass is 10.0. The van der Waals surface area contributed by atoms with E-state index < -0.39 is 0 Å². The molecule has 2 heterocycles. The average molecular weight is 353 g/mol.